The SMILES string of the molecule is C1=Cc2oc3c(-c4cccc(-c5nc(-c6ccccc6)nc(-c6cccc7sc8ccc(-c9ccc(-c%10ccccc%10)cc9)cc8c67)n5)c4)cccc3c2CC1. The third-order valence-corrected chi connectivity index (χ3v) is 12.0. The molecule has 0 unspecified atom stereocenters. The number of thiophene rings is 1. The van der Waals surface area contributed by atoms with Crippen molar-refractivity contribution in [2.45, 2.75) is 12.8 Å². The molecule has 10 aromatic rings. The minimum absolute atomic E-state index is 0.625. The largest absolute Gasteiger partial charge is 0.456 e. The fraction of sp³-hybridized carbons (Fsp3) is 0.0392. The number of benzene rings is 7. The van der Waals surface area contributed by atoms with Crippen molar-refractivity contribution in [2.75, 3.05) is 0 Å². The Kier molecular flexibility index (Phi) is 7.78. The highest BCUT2D eigenvalue weighted by Gasteiger charge is 2.20. The Morgan fingerprint density at radius 3 is 1.89 bits per heavy atom. The number of aryl methyl sites for hydroxylation is 1. The molecule has 1 aliphatic carbocycles. The average molecular weight is 736 g/mol. The molecule has 0 bridgehead atoms. The molecular weight excluding hydrogens is 703 g/mol. The van der Waals surface area contributed by atoms with E-state index in [1.165, 1.54) is 48.0 Å². The van der Waals surface area contributed by atoms with Gasteiger partial charge in [-0.15, -0.1) is 11.3 Å². The maximum atomic E-state index is 6.48. The zero-order valence-electron chi connectivity index (χ0n) is 30.3. The minimum Gasteiger partial charge on any atom is -0.456 e. The van der Waals surface area contributed by atoms with Gasteiger partial charge in [0, 0.05) is 53.4 Å². The van der Waals surface area contributed by atoms with Crippen molar-refractivity contribution in [1.82, 2.24) is 15.0 Å². The second-order valence-electron chi connectivity index (χ2n) is 14.3. The molecule has 0 saturated carbocycles. The van der Waals surface area contributed by atoms with E-state index in [1.807, 2.05) is 18.2 Å². The summed E-state index contributed by atoms with van der Waals surface area (Å²) < 4.78 is 8.90. The van der Waals surface area contributed by atoms with Gasteiger partial charge in [0.25, 0.3) is 0 Å². The van der Waals surface area contributed by atoms with Crippen molar-refractivity contribution in [1.29, 1.82) is 0 Å². The second-order valence-corrected chi connectivity index (χ2v) is 15.3. The van der Waals surface area contributed by atoms with E-state index in [1.54, 1.807) is 11.3 Å². The van der Waals surface area contributed by atoms with Crippen molar-refractivity contribution in [3.8, 4) is 67.5 Å². The lowest BCUT2D eigenvalue weighted by molar-refractivity contribution is 0.596. The van der Waals surface area contributed by atoms with Crippen LogP contribution in [0.3, 0.4) is 0 Å². The number of nitrogens with zero attached hydrogens (tertiary/aromatic N) is 3. The molecule has 4 nitrogen and oxygen atoms in total. The van der Waals surface area contributed by atoms with E-state index in [9.17, 15) is 0 Å². The first-order chi connectivity index (χ1) is 27.7. The lowest BCUT2D eigenvalue weighted by Gasteiger charge is -2.11. The van der Waals surface area contributed by atoms with Crippen LogP contribution in [0.4, 0.5) is 0 Å². The van der Waals surface area contributed by atoms with Crippen LogP contribution in [-0.4, -0.2) is 15.0 Å². The smallest absolute Gasteiger partial charge is 0.164 e. The van der Waals surface area contributed by atoms with E-state index in [4.69, 9.17) is 19.4 Å². The van der Waals surface area contributed by atoms with Crippen LogP contribution >= 0.6 is 11.3 Å². The highest BCUT2D eigenvalue weighted by molar-refractivity contribution is 7.26. The van der Waals surface area contributed by atoms with Crippen LogP contribution < -0.4 is 0 Å². The number of para-hydroxylation sites is 1. The Balaban J connectivity index is 1.05. The summed E-state index contributed by atoms with van der Waals surface area (Å²) in [5, 5.41) is 3.53. The van der Waals surface area contributed by atoms with Gasteiger partial charge in [-0.1, -0.05) is 146 Å². The van der Waals surface area contributed by atoms with E-state index in [2.05, 4.69) is 158 Å². The van der Waals surface area contributed by atoms with Crippen LogP contribution in [0.5, 0.6) is 0 Å². The molecule has 264 valence electrons. The van der Waals surface area contributed by atoms with Crippen LogP contribution in [0.25, 0.3) is 105 Å². The van der Waals surface area contributed by atoms with Crippen LogP contribution in [0.1, 0.15) is 17.7 Å². The predicted molar refractivity (Wildman–Crippen MR) is 232 cm³/mol. The predicted octanol–water partition coefficient (Wildman–Crippen LogP) is 13.9. The Hall–Kier alpha value is -6.95. The first-order valence-electron chi connectivity index (χ1n) is 19.0. The number of allylic oxidation sites excluding steroid dienone is 1. The summed E-state index contributed by atoms with van der Waals surface area (Å²) in [7, 11) is 0. The summed E-state index contributed by atoms with van der Waals surface area (Å²) in [6.07, 6.45) is 6.33. The number of furan rings is 1. The molecule has 0 N–H and O–H groups in total. The number of hydrogen-bond donors (Lipinski definition) is 0. The van der Waals surface area contributed by atoms with Gasteiger partial charge >= 0.3 is 0 Å². The van der Waals surface area contributed by atoms with Crippen LogP contribution in [-0.2, 0) is 6.42 Å². The maximum absolute atomic E-state index is 6.48. The molecule has 3 heterocycles. The Bertz CT molecular complexity index is 3120. The highest BCUT2D eigenvalue weighted by atomic mass is 32.1. The Morgan fingerprint density at radius 1 is 0.446 bits per heavy atom. The molecule has 0 amide bonds. The van der Waals surface area contributed by atoms with Gasteiger partial charge in [0.2, 0.25) is 0 Å². The molecule has 0 aliphatic heterocycles. The first kappa shape index (κ1) is 32.5. The number of hydrogen-bond acceptors (Lipinski definition) is 5. The minimum atomic E-state index is 0.625. The third kappa shape index (κ3) is 5.64. The standard InChI is InChI=1S/C51H33N3OS/c1-3-12-32(13-4-1)33-24-26-34(27-25-33)36-28-29-45-43(31-36)47-42(21-11-23-46(47)56-45)51-53-49(35-14-5-2-6-15-35)52-50(54-51)38-17-9-16-37(30-38)39-19-10-20-41-40-18-7-8-22-44(40)55-48(39)41/h1-6,8-17,19-31H,7,18H2. The summed E-state index contributed by atoms with van der Waals surface area (Å²) in [4.78, 5) is 15.5. The van der Waals surface area contributed by atoms with Gasteiger partial charge in [-0.2, -0.15) is 0 Å². The molecule has 0 atom stereocenters. The average Bonchev–Trinajstić information content (AvgIpc) is 3.85. The Morgan fingerprint density at radius 2 is 1.07 bits per heavy atom. The molecule has 3 aromatic heterocycles. The van der Waals surface area contributed by atoms with E-state index < -0.39 is 0 Å². The maximum Gasteiger partial charge on any atom is 0.164 e. The molecule has 11 rings (SSSR count). The summed E-state index contributed by atoms with van der Waals surface area (Å²) >= 11 is 1.80. The fourth-order valence-electron chi connectivity index (χ4n) is 8.07. The fourth-order valence-corrected chi connectivity index (χ4v) is 9.19. The first-order valence-corrected chi connectivity index (χ1v) is 19.8. The van der Waals surface area contributed by atoms with Gasteiger partial charge < -0.3 is 4.42 Å². The second kappa shape index (κ2) is 13.4. The lowest BCUT2D eigenvalue weighted by atomic mass is 9.97. The highest BCUT2D eigenvalue weighted by Crippen LogP contribution is 2.42. The van der Waals surface area contributed by atoms with Gasteiger partial charge in [-0.05, 0) is 71.0 Å². The molecule has 0 spiro atoms. The number of aromatic nitrogens is 3. The normalized spacial score (nSPS) is 12.4. The topological polar surface area (TPSA) is 51.8 Å². The summed E-state index contributed by atoms with van der Waals surface area (Å²) in [6, 6.07) is 57.7. The van der Waals surface area contributed by atoms with Crippen molar-refractivity contribution in [3.63, 3.8) is 0 Å². The van der Waals surface area contributed by atoms with Crippen molar-refractivity contribution < 1.29 is 4.42 Å². The zero-order chi connectivity index (χ0) is 37.0. The molecule has 0 fully saturated rings. The van der Waals surface area contributed by atoms with Gasteiger partial charge in [0.1, 0.15) is 11.3 Å². The number of rotatable bonds is 6. The molecule has 7 aromatic carbocycles. The molecule has 5 heteroatoms. The van der Waals surface area contributed by atoms with Crippen LogP contribution in [0.15, 0.2) is 174 Å². The molecule has 0 radical (unpaired) electrons. The summed E-state index contributed by atoms with van der Waals surface area (Å²) in [5.74, 6) is 2.88. The monoisotopic (exact) mass is 735 g/mol. The summed E-state index contributed by atoms with van der Waals surface area (Å²) in [5.41, 5.74) is 11.9. The van der Waals surface area contributed by atoms with E-state index >= 15 is 0 Å². The van der Waals surface area contributed by atoms with E-state index in [0.717, 1.165) is 57.4 Å². The van der Waals surface area contributed by atoms with E-state index in [-0.39, 0.29) is 0 Å². The van der Waals surface area contributed by atoms with Crippen molar-refractivity contribution >= 4 is 48.6 Å². The molecule has 1 aliphatic rings. The van der Waals surface area contributed by atoms with Gasteiger partial charge in [-0.25, -0.2) is 15.0 Å². The third-order valence-electron chi connectivity index (χ3n) is 10.8. The molecule has 56 heavy (non-hydrogen) atoms. The van der Waals surface area contributed by atoms with Crippen molar-refractivity contribution in [2.24, 2.45) is 0 Å². The molecular formula is C51H33N3OS. The van der Waals surface area contributed by atoms with Gasteiger partial charge in [-0.3, -0.25) is 0 Å². The summed E-state index contributed by atoms with van der Waals surface area (Å²) in [6.45, 7) is 0. The Labute approximate surface area is 328 Å². The van der Waals surface area contributed by atoms with Gasteiger partial charge in [0.05, 0.1) is 0 Å². The van der Waals surface area contributed by atoms with Gasteiger partial charge in [0.15, 0.2) is 17.5 Å². The van der Waals surface area contributed by atoms with Crippen LogP contribution in [0.2, 0.25) is 0 Å². The molecule has 0 saturated heterocycles. The van der Waals surface area contributed by atoms with Crippen molar-refractivity contribution in [3.05, 3.63) is 181 Å². The quantitative estimate of drug-likeness (QED) is 0.171. The van der Waals surface area contributed by atoms with E-state index in [0.29, 0.717) is 17.5 Å². The zero-order valence-corrected chi connectivity index (χ0v) is 31.1. The lowest BCUT2D eigenvalue weighted by Crippen LogP contribution is -2.00. The van der Waals surface area contributed by atoms with Crippen LogP contribution in [0, 0.1) is 0 Å². The number of fused-ring (bicyclic) bond motifs is 6.